The fraction of sp³-hybridized carbons (Fsp3) is 0.152. The summed E-state index contributed by atoms with van der Waals surface area (Å²) in [5.41, 5.74) is 8.75. The maximum atomic E-state index is 12.9. The summed E-state index contributed by atoms with van der Waals surface area (Å²) in [4.78, 5) is 22.7. The highest BCUT2D eigenvalue weighted by Gasteiger charge is 2.22. The first-order valence-electron chi connectivity index (χ1n) is 12.9. The van der Waals surface area contributed by atoms with Crippen molar-refractivity contribution in [2.75, 3.05) is 7.05 Å². The number of ether oxygens (including phenoxy) is 1. The maximum absolute atomic E-state index is 12.9. The lowest BCUT2D eigenvalue weighted by Crippen LogP contribution is -2.17. The Kier molecular flexibility index (Phi) is 6.26. The molecule has 2 aliphatic rings. The molecule has 6 rings (SSSR count). The monoisotopic (exact) mass is 499 g/mol. The first-order valence-corrected chi connectivity index (χ1v) is 12.9. The number of carbonyl (C=O) groups excluding carboxylic acids is 1. The van der Waals surface area contributed by atoms with E-state index in [1.807, 2.05) is 73.2 Å². The van der Waals surface area contributed by atoms with Gasteiger partial charge in [0, 0.05) is 43.8 Å². The number of hydrogen-bond acceptors (Lipinski definition) is 3. The third-order valence-electron chi connectivity index (χ3n) is 7.20. The van der Waals surface area contributed by atoms with Crippen LogP contribution in [0.1, 0.15) is 41.4 Å². The van der Waals surface area contributed by atoms with E-state index in [2.05, 4.69) is 36.2 Å². The second-order valence-corrected chi connectivity index (χ2v) is 9.94. The van der Waals surface area contributed by atoms with Gasteiger partial charge in [-0.3, -0.25) is 9.78 Å². The maximum Gasteiger partial charge on any atom is 0.250 e. The molecule has 1 aliphatic heterocycles. The number of hydrogen-bond donors (Lipinski definition) is 1. The first-order chi connectivity index (χ1) is 18.5. The highest BCUT2D eigenvalue weighted by atomic mass is 16.5. The quantitative estimate of drug-likeness (QED) is 0.315. The van der Waals surface area contributed by atoms with Crippen molar-refractivity contribution in [3.63, 3.8) is 0 Å². The molecule has 1 N–H and O–H groups in total. The van der Waals surface area contributed by atoms with Gasteiger partial charge in [0.25, 0.3) is 5.91 Å². The fourth-order valence-electron chi connectivity index (χ4n) is 5.18. The summed E-state index contributed by atoms with van der Waals surface area (Å²) in [5.74, 6) is 1.83. The number of likely N-dealkylation sites (N-methyl/N-ethyl adjacent to an activating group) is 1. The molecule has 5 nitrogen and oxygen atoms in total. The molecular weight excluding hydrogens is 470 g/mol. The van der Waals surface area contributed by atoms with Gasteiger partial charge in [-0.1, -0.05) is 37.3 Å². The molecule has 0 saturated carbocycles. The molecule has 1 unspecified atom stereocenters. The number of aromatic nitrogens is 2. The van der Waals surface area contributed by atoms with Crippen molar-refractivity contribution < 1.29 is 9.53 Å². The Morgan fingerprint density at radius 2 is 1.76 bits per heavy atom. The van der Waals surface area contributed by atoms with Gasteiger partial charge in [-0.15, -0.1) is 0 Å². The number of aromatic amines is 1. The van der Waals surface area contributed by atoms with E-state index in [4.69, 9.17) is 9.72 Å². The predicted molar refractivity (Wildman–Crippen MR) is 152 cm³/mol. The van der Waals surface area contributed by atoms with Gasteiger partial charge in [-0.25, -0.2) is 0 Å². The zero-order valence-electron chi connectivity index (χ0n) is 21.5. The van der Waals surface area contributed by atoms with Crippen LogP contribution in [0.3, 0.4) is 0 Å². The minimum Gasteiger partial charge on any atom is -0.457 e. The number of amides is 1. The Morgan fingerprint density at radius 3 is 2.63 bits per heavy atom. The van der Waals surface area contributed by atoms with E-state index in [-0.39, 0.29) is 5.91 Å². The number of pyridine rings is 1. The number of nitrogens with one attached hydrogen (secondary N) is 1. The number of nitrogens with zero attached hydrogens (tertiary/aromatic N) is 2. The third-order valence-corrected chi connectivity index (χ3v) is 7.20. The fourth-order valence-corrected chi connectivity index (χ4v) is 5.18. The summed E-state index contributed by atoms with van der Waals surface area (Å²) in [6.07, 6.45) is 11.3. The van der Waals surface area contributed by atoms with Crippen molar-refractivity contribution in [3.8, 4) is 11.5 Å². The van der Waals surface area contributed by atoms with Crippen molar-refractivity contribution in [2.24, 2.45) is 5.92 Å². The van der Waals surface area contributed by atoms with E-state index in [0.29, 0.717) is 12.3 Å². The average molecular weight is 500 g/mol. The van der Waals surface area contributed by atoms with Crippen LogP contribution in [-0.2, 0) is 11.2 Å². The summed E-state index contributed by atoms with van der Waals surface area (Å²) in [7, 11) is 1.79. The predicted octanol–water partition coefficient (Wildman–Crippen LogP) is 7.22. The molecule has 0 radical (unpaired) electrons. The smallest absolute Gasteiger partial charge is 0.250 e. The van der Waals surface area contributed by atoms with Gasteiger partial charge < -0.3 is 14.6 Å². The zero-order chi connectivity index (χ0) is 26.1. The SMILES string of the molecule is CC1Cc2[nH]ccc2C=C1c1ccnc(C2=CN(C)C(=O)C=C(c3cccc(Oc4ccccc4)c3)C2)c1. The van der Waals surface area contributed by atoms with Crippen molar-refractivity contribution in [2.45, 2.75) is 19.8 Å². The van der Waals surface area contributed by atoms with Gasteiger partial charge in [0.15, 0.2) is 0 Å². The molecule has 188 valence electrons. The second-order valence-electron chi connectivity index (χ2n) is 9.94. The number of benzene rings is 2. The molecular formula is C33H29N3O2. The lowest BCUT2D eigenvalue weighted by Gasteiger charge is -2.22. The van der Waals surface area contributed by atoms with Crippen LogP contribution in [0, 0.1) is 5.92 Å². The lowest BCUT2D eigenvalue weighted by atomic mass is 9.84. The number of carbonyl (C=O) groups is 1. The summed E-state index contributed by atoms with van der Waals surface area (Å²) in [6, 6.07) is 24.0. The van der Waals surface area contributed by atoms with E-state index in [0.717, 1.165) is 45.9 Å². The Bertz CT molecular complexity index is 1590. The van der Waals surface area contributed by atoms with E-state index in [1.54, 1.807) is 18.0 Å². The summed E-state index contributed by atoms with van der Waals surface area (Å²) in [5, 5.41) is 0. The van der Waals surface area contributed by atoms with Gasteiger partial charge in [-0.2, -0.15) is 0 Å². The van der Waals surface area contributed by atoms with Crippen molar-refractivity contribution >= 4 is 28.7 Å². The molecule has 0 saturated heterocycles. The molecule has 1 amide bonds. The highest BCUT2D eigenvalue weighted by Crippen LogP contribution is 2.37. The number of rotatable bonds is 5. The van der Waals surface area contributed by atoms with E-state index in [9.17, 15) is 4.79 Å². The summed E-state index contributed by atoms with van der Waals surface area (Å²) < 4.78 is 6.05. The molecule has 38 heavy (non-hydrogen) atoms. The molecule has 1 atom stereocenters. The molecule has 4 aromatic rings. The van der Waals surface area contributed by atoms with Crippen molar-refractivity contribution in [1.29, 1.82) is 0 Å². The zero-order valence-corrected chi connectivity index (χ0v) is 21.5. The molecule has 0 bridgehead atoms. The number of fused-ring (bicyclic) bond motifs is 1. The molecule has 3 heterocycles. The molecule has 0 spiro atoms. The number of allylic oxidation sites excluding steroid dienone is 3. The van der Waals surface area contributed by atoms with Gasteiger partial charge in [0.1, 0.15) is 11.5 Å². The lowest BCUT2D eigenvalue weighted by molar-refractivity contribution is -0.122. The second kappa shape index (κ2) is 10.0. The summed E-state index contributed by atoms with van der Waals surface area (Å²) in [6.45, 7) is 2.26. The third kappa shape index (κ3) is 4.83. The number of H-pyrrole nitrogens is 1. The first kappa shape index (κ1) is 23.7. The summed E-state index contributed by atoms with van der Waals surface area (Å²) >= 11 is 0. The standard InChI is InChI=1S/C33H29N3O2/c1-22-15-31-25(12-14-34-31)18-30(22)24-11-13-35-32(19-24)27-16-26(20-33(37)36(2)21-27)23-7-6-10-29(17-23)38-28-8-4-3-5-9-28/h3-14,17-22,34H,15-16H2,1-2H3. The Balaban J connectivity index is 1.32. The largest absolute Gasteiger partial charge is 0.457 e. The van der Waals surface area contributed by atoms with E-state index >= 15 is 0 Å². The van der Waals surface area contributed by atoms with Crippen LogP contribution in [0.5, 0.6) is 11.5 Å². The molecule has 1 aliphatic carbocycles. The topological polar surface area (TPSA) is 58.2 Å². The van der Waals surface area contributed by atoms with Crippen molar-refractivity contribution in [3.05, 3.63) is 126 Å². The normalized spacial score (nSPS) is 17.2. The highest BCUT2D eigenvalue weighted by molar-refractivity contribution is 6.00. The van der Waals surface area contributed by atoms with Crippen LogP contribution < -0.4 is 4.74 Å². The van der Waals surface area contributed by atoms with E-state index in [1.165, 1.54) is 16.8 Å². The minimum absolute atomic E-state index is 0.0656. The molecule has 0 fully saturated rings. The average Bonchev–Trinajstić information content (AvgIpc) is 3.33. The Morgan fingerprint density at radius 1 is 0.921 bits per heavy atom. The van der Waals surface area contributed by atoms with Crippen LogP contribution in [0.4, 0.5) is 0 Å². The van der Waals surface area contributed by atoms with Gasteiger partial charge >= 0.3 is 0 Å². The van der Waals surface area contributed by atoms with Gasteiger partial charge in [-0.05, 0) is 94.3 Å². The Labute approximate surface area is 222 Å². The molecule has 5 heteroatoms. The van der Waals surface area contributed by atoms with Crippen LogP contribution in [0.25, 0.3) is 22.8 Å². The minimum atomic E-state index is -0.0656. The van der Waals surface area contributed by atoms with Gasteiger partial charge in [0.2, 0.25) is 0 Å². The van der Waals surface area contributed by atoms with Crippen molar-refractivity contribution in [1.82, 2.24) is 14.9 Å². The van der Waals surface area contributed by atoms with Crippen LogP contribution in [0.15, 0.2) is 97.5 Å². The van der Waals surface area contributed by atoms with Crippen LogP contribution in [0.2, 0.25) is 0 Å². The Hall–Kier alpha value is -4.64. The molecule has 2 aromatic carbocycles. The van der Waals surface area contributed by atoms with E-state index < -0.39 is 0 Å². The number of para-hydroxylation sites is 1. The molecule has 2 aromatic heterocycles. The van der Waals surface area contributed by atoms with Gasteiger partial charge in [0.05, 0.1) is 5.69 Å². The van der Waals surface area contributed by atoms with Crippen LogP contribution in [-0.4, -0.2) is 27.8 Å². The van der Waals surface area contributed by atoms with Crippen LogP contribution >= 0.6 is 0 Å².